The Bertz CT molecular complexity index is 562. The first-order valence-electron chi connectivity index (χ1n) is 7.47. The molecule has 120 valence electrons. The van der Waals surface area contributed by atoms with E-state index in [0.29, 0.717) is 30.3 Å². The van der Waals surface area contributed by atoms with Crippen LogP contribution in [0.15, 0.2) is 18.2 Å². The van der Waals surface area contributed by atoms with Crippen molar-refractivity contribution in [3.05, 3.63) is 33.9 Å². The van der Waals surface area contributed by atoms with E-state index in [-0.39, 0.29) is 11.6 Å². The standard InChI is InChI=1S/C15H22N4O3/c1-11-10-16-7-9-18(11)8-6-15(20)17-13-4-3-5-14(12(13)2)19(21)22/h3-5,11,16H,6-10H2,1-2H3,(H,17,20)/t11-/m0/s1. The van der Waals surface area contributed by atoms with Gasteiger partial charge in [0.05, 0.1) is 16.2 Å². The van der Waals surface area contributed by atoms with Gasteiger partial charge in [-0.3, -0.25) is 19.8 Å². The van der Waals surface area contributed by atoms with E-state index in [1.165, 1.54) is 6.07 Å². The summed E-state index contributed by atoms with van der Waals surface area (Å²) in [6, 6.07) is 5.13. The highest BCUT2D eigenvalue weighted by molar-refractivity contribution is 5.92. The van der Waals surface area contributed by atoms with Crippen LogP contribution in [0.1, 0.15) is 18.9 Å². The van der Waals surface area contributed by atoms with Crippen molar-refractivity contribution in [1.29, 1.82) is 0 Å². The fourth-order valence-electron chi connectivity index (χ4n) is 2.63. The third-order valence-electron chi connectivity index (χ3n) is 4.04. The summed E-state index contributed by atoms with van der Waals surface area (Å²) in [5, 5.41) is 17.0. The molecule has 22 heavy (non-hydrogen) atoms. The molecule has 1 saturated heterocycles. The van der Waals surface area contributed by atoms with Crippen LogP contribution in [0.25, 0.3) is 0 Å². The van der Waals surface area contributed by atoms with Crippen LogP contribution in [0, 0.1) is 17.0 Å². The molecule has 1 aliphatic heterocycles. The van der Waals surface area contributed by atoms with Crippen molar-refractivity contribution in [3.63, 3.8) is 0 Å². The third kappa shape index (κ3) is 4.02. The lowest BCUT2D eigenvalue weighted by atomic mass is 10.1. The lowest BCUT2D eigenvalue weighted by Gasteiger charge is -2.33. The number of amides is 1. The predicted molar refractivity (Wildman–Crippen MR) is 85.0 cm³/mol. The fourth-order valence-corrected chi connectivity index (χ4v) is 2.63. The topological polar surface area (TPSA) is 87.5 Å². The van der Waals surface area contributed by atoms with Gasteiger partial charge >= 0.3 is 0 Å². The molecule has 2 rings (SSSR count). The number of benzene rings is 1. The Morgan fingerprint density at radius 2 is 2.32 bits per heavy atom. The molecule has 1 aromatic rings. The number of nitrogens with one attached hydrogen (secondary N) is 2. The number of piperazine rings is 1. The molecule has 1 atom stereocenters. The zero-order valence-corrected chi connectivity index (χ0v) is 13.0. The van der Waals surface area contributed by atoms with E-state index in [9.17, 15) is 14.9 Å². The van der Waals surface area contributed by atoms with Gasteiger partial charge in [0.15, 0.2) is 0 Å². The second kappa shape index (κ2) is 7.33. The molecule has 2 N–H and O–H groups in total. The molecule has 0 aliphatic carbocycles. The van der Waals surface area contributed by atoms with Crippen molar-refractivity contribution >= 4 is 17.3 Å². The Morgan fingerprint density at radius 1 is 1.55 bits per heavy atom. The maximum absolute atomic E-state index is 12.1. The van der Waals surface area contributed by atoms with Crippen molar-refractivity contribution in [2.45, 2.75) is 26.3 Å². The summed E-state index contributed by atoms with van der Waals surface area (Å²) >= 11 is 0. The van der Waals surface area contributed by atoms with Gasteiger partial charge in [-0.1, -0.05) is 6.07 Å². The largest absolute Gasteiger partial charge is 0.326 e. The summed E-state index contributed by atoms with van der Waals surface area (Å²) in [5.74, 6) is -0.116. The highest BCUT2D eigenvalue weighted by atomic mass is 16.6. The van der Waals surface area contributed by atoms with E-state index < -0.39 is 4.92 Å². The quantitative estimate of drug-likeness (QED) is 0.636. The minimum Gasteiger partial charge on any atom is -0.326 e. The molecule has 7 heteroatoms. The zero-order chi connectivity index (χ0) is 16.1. The first-order chi connectivity index (χ1) is 10.5. The summed E-state index contributed by atoms with van der Waals surface area (Å²) < 4.78 is 0. The fraction of sp³-hybridized carbons (Fsp3) is 0.533. The van der Waals surface area contributed by atoms with Gasteiger partial charge < -0.3 is 10.6 Å². The molecule has 1 fully saturated rings. The molecular weight excluding hydrogens is 284 g/mol. The Balaban J connectivity index is 1.92. The second-order valence-electron chi connectivity index (χ2n) is 5.59. The van der Waals surface area contributed by atoms with E-state index in [4.69, 9.17) is 0 Å². The van der Waals surface area contributed by atoms with Crippen LogP contribution in [0.2, 0.25) is 0 Å². The lowest BCUT2D eigenvalue weighted by Crippen LogP contribution is -2.50. The SMILES string of the molecule is Cc1c(NC(=O)CCN2CCNC[C@@H]2C)cccc1[N+](=O)[O-]. The van der Waals surface area contributed by atoms with E-state index in [1.54, 1.807) is 19.1 Å². The number of nitro benzene ring substituents is 1. The number of anilines is 1. The molecule has 0 aromatic heterocycles. The van der Waals surface area contributed by atoms with Gasteiger partial charge in [0.1, 0.15) is 0 Å². The highest BCUT2D eigenvalue weighted by Gasteiger charge is 2.19. The summed E-state index contributed by atoms with van der Waals surface area (Å²) in [5.41, 5.74) is 1.01. The number of carbonyl (C=O) groups excluding carboxylic acids is 1. The normalized spacial score (nSPS) is 18.9. The Kier molecular flexibility index (Phi) is 5.46. The van der Waals surface area contributed by atoms with E-state index in [2.05, 4.69) is 22.5 Å². The summed E-state index contributed by atoms with van der Waals surface area (Å²) in [4.78, 5) is 24.8. The van der Waals surface area contributed by atoms with Crippen LogP contribution in [0.4, 0.5) is 11.4 Å². The number of hydrogen-bond donors (Lipinski definition) is 2. The van der Waals surface area contributed by atoms with E-state index in [1.807, 2.05) is 0 Å². The van der Waals surface area contributed by atoms with E-state index in [0.717, 1.165) is 19.6 Å². The maximum Gasteiger partial charge on any atom is 0.274 e. The Morgan fingerprint density at radius 3 is 3.00 bits per heavy atom. The molecule has 0 spiro atoms. The number of rotatable bonds is 5. The van der Waals surface area contributed by atoms with Crippen LogP contribution in [-0.4, -0.2) is 48.0 Å². The molecule has 1 aromatic carbocycles. The first-order valence-corrected chi connectivity index (χ1v) is 7.47. The molecule has 1 aliphatic rings. The van der Waals surface area contributed by atoms with Gasteiger partial charge in [-0.05, 0) is 19.9 Å². The molecule has 0 unspecified atom stereocenters. The molecule has 1 heterocycles. The smallest absolute Gasteiger partial charge is 0.274 e. The monoisotopic (exact) mass is 306 g/mol. The number of nitro groups is 1. The molecule has 0 bridgehead atoms. The molecule has 0 saturated carbocycles. The summed E-state index contributed by atoms with van der Waals surface area (Å²) in [6.45, 7) is 7.29. The van der Waals surface area contributed by atoms with Crippen molar-refractivity contribution < 1.29 is 9.72 Å². The first kappa shape index (κ1) is 16.4. The average molecular weight is 306 g/mol. The third-order valence-corrected chi connectivity index (χ3v) is 4.04. The van der Waals surface area contributed by atoms with Crippen LogP contribution in [0.3, 0.4) is 0 Å². The predicted octanol–water partition coefficient (Wildman–Crippen LogP) is 1.53. The van der Waals surface area contributed by atoms with Gasteiger partial charge in [-0.15, -0.1) is 0 Å². The number of carbonyl (C=O) groups is 1. The van der Waals surface area contributed by atoms with Crippen molar-refractivity contribution in [2.75, 3.05) is 31.5 Å². The minimum atomic E-state index is -0.437. The van der Waals surface area contributed by atoms with Crippen LogP contribution in [-0.2, 0) is 4.79 Å². The highest BCUT2D eigenvalue weighted by Crippen LogP contribution is 2.25. The maximum atomic E-state index is 12.1. The van der Waals surface area contributed by atoms with Crippen molar-refractivity contribution in [1.82, 2.24) is 10.2 Å². The number of nitrogens with zero attached hydrogens (tertiary/aromatic N) is 2. The van der Waals surface area contributed by atoms with E-state index >= 15 is 0 Å². The summed E-state index contributed by atoms with van der Waals surface area (Å²) in [7, 11) is 0. The summed E-state index contributed by atoms with van der Waals surface area (Å²) in [6.07, 6.45) is 0.381. The lowest BCUT2D eigenvalue weighted by molar-refractivity contribution is -0.385. The average Bonchev–Trinajstić information content (AvgIpc) is 2.48. The van der Waals surface area contributed by atoms with Crippen molar-refractivity contribution in [3.8, 4) is 0 Å². The molecule has 7 nitrogen and oxygen atoms in total. The molecule has 1 amide bonds. The van der Waals surface area contributed by atoms with Crippen molar-refractivity contribution in [2.24, 2.45) is 0 Å². The Labute approximate surface area is 129 Å². The van der Waals surface area contributed by atoms with Crippen LogP contribution in [0.5, 0.6) is 0 Å². The van der Waals surface area contributed by atoms with Gasteiger partial charge in [0.2, 0.25) is 5.91 Å². The van der Waals surface area contributed by atoms with Gasteiger partial charge in [0.25, 0.3) is 5.69 Å². The molecule has 0 radical (unpaired) electrons. The number of hydrogen-bond acceptors (Lipinski definition) is 5. The van der Waals surface area contributed by atoms with Crippen LogP contribution >= 0.6 is 0 Å². The minimum absolute atomic E-state index is 0.0218. The zero-order valence-electron chi connectivity index (χ0n) is 13.0. The van der Waals surface area contributed by atoms with Gasteiger partial charge in [0, 0.05) is 44.7 Å². The van der Waals surface area contributed by atoms with Gasteiger partial charge in [-0.25, -0.2) is 0 Å². The molecular formula is C15H22N4O3. The second-order valence-corrected chi connectivity index (χ2v) is 5.59. The Hall–Kier alpha value is -1.99. The van der Waals surface area contributed by atoms with Gasteiger partial charge in [-0.2, -0.15) is 0 Å². The van der Waals surface area contributed by atoms with Crippen LogP contribution < -0.4 is 10.6 Å².